The van der Waals surface area contributed by atoms with Gasteiger partial charge in [0.1, 0.15) is 0 Å². The van der Waals surface area contributed by atoms with E-state index in [4.69, 9.17) is 0 Å². The molecule has 0 saturated carbocycles. The van der Waals surface area contributed by atoms with Gasteiger partial charge in [0, 0.05) is 5.41 Å². The van der Waals surface area contributed by atoms with Crippen LogP contribution in [0.25, 0.3) is 76.5 Å². The molecule has 0 unspecified atom stereocenters. The van der Waals surface area contributed by atoms with Crippen molar-refractivity contribution in [2.75, 3.05) is 0 Å². The Balaban J connectivity index is 1.28. The molecule has 0 N–H and O–H groups in total. The zero-order valence-electron chi connectivity index (χ0n) is 23.2. The predicted octanol–water partition coefficient (Wildman–Crippen LogP) is 11.4. The SMILES string of the molecule is CC1(C)c2ccccc2-c2ccc(-c3cccc(-c4ccc5ccc6cccc7ccc4c5c67)c3)c3cccc1c23. The van der Waals surface area contributed by atoms with Crippen LogP contribution < -0.4 is 0 Å². The van der Waals surface area contributed by atoms with Crippen molar-refractivity contribution in [2.45, 2.75) is 19.3 Å². The molecule has 0 bridgehead atoms. The Hall–Kier alpha value is -4.94. The Labute approximate surface area is 239 Å². The highest BCUT2D eigenvalue weighted by Crippen LogP contribution is 2.50. The van der Waals surface area contributed by atoms with Crippen LogP contribution in [0.4, 0.5) is 0 Å². The quantitative estimate of drug-likeness (QED) is 0.199. The molecule has 0 aliphatic heterocycles. The molecule has 192 valence electrons. The molecule has 0 saturated heterocycles. The lowest BCUT2D eigenvalue weighted by Gasteiger charge is -2.35. The third kappa shape index (κ3) is 3.05. The molecule has 0 radical (unpaired) electrons. The molecule has 8 aromatic carbocycles. The summed E-state index contributed by atoms with van der Waals surface area (Å²) in [4.78, 5) is 0. The summed E-state index contributed by atoms with van der Waals surface area (Å²) in [6.07, 6.45) is 0. The van der Waals surface area contributed by atoms with Crippen LogP contribution in [-0.2, 0) is 5.41 Å². The molecule has 0 heterocycles. The highest BCUT2D eigenvalue weighted by atomic mass is 14.4. The molecule has 1 aliphatic carbocycles. The van der Waals surface area contributed by atoms with E-state index in [1.165, 1.54) is 87.6 Å². The van der Waals surface area contributed by atoms with Crippen LogP contribution in [0.2, 0.25) is 0 Å². The van der Waals surface area contributed by atoms with Gasteiger partial charge in [0.25, 0.3) is 0 Å². The van der Waals surface area contributed by atoms with Gasteiger partial charge in [-0.1, -0.05) is 141 Å². The Kier molecular flexibility index (Phi) is 4.49. The summed E-state index contributed by atoms with van der Waals surface area (Å²) in [5.74, 6) is 0. The monoisotopic (exact) mass is 520 g/mol. The van der Waals surface area contributed by atoms with Gasteiger partial charge in [-0.3, -0.25) is 0 Å². The second kappa shape index (κ2) is 8.05. The van der Waals surface area contributed by atoms with Crippen LogP contribution in [-0.4, -0.2) is 0 Å². The second-order valence-corrected chi connectivity index (χ2v) is 12.1. The molecule has 0 spiro atoms. The summed E-state index contributed by atoms with van der Waals surface area (Å²) in [6.45, 7) is 4.73. The minimum atomic E-state index is -0.0503. The van der Waals surface area contributed by atoms with Crippen molar-refractivity contribution in [3.05, 3.63) is 145 Å². The lowest BCUT2D eigenvalue weighted by Crippen LogP contribution is -2.23. The number of hydrogen-bond donors (Lipinski definition) is 0. The highest BCUT2D eigenvalue weighted by molar-refractivity contribution is 6.25. The minimum Gasteiger partial charge on any atom is -0.0619 e. The Morgan fingerprint density at radius 2 is 0.927 bits per heavy atom. The van der Waals surface area contributed by atoms with E-state index in [9.17, 15) is 0 Å². The van der Waals surface area contributed by atoms with Gasteiger partial charge in [0.05, 0.1) is 0 Å². The summed E-state index contributed by atoms with van der Waals surface area (Å²) in [5.41, 5.74) is 10.6. The topological polar surface area (TPSA) is 0 Å². The van der Waals surface area contributed by atoms with Crippen molar-refractivity contribution in [1.29, 1.82) is 0 Å². The number of hydrogen-bond acceptors (Lipinski definition) is 0. The molecule has 0 aromatic heterocycles. The molecular weight excluding hydrogens is 492 g/mol. The van der Waals surface area contributed by atoms with Crippen LogP contribution in [0.15, 0.2) is 133 Å². The van der Waals surface area contributed by atoms with Gasteiger partial charge in [-0.05, 0) is 93.7 Å². The van der Waals surface area contributed by atoms with Gasteiger partial charge in [-0.15, -0.1) is 0 Å². The van der Waals surface area contributed by atoms with Crippen molar-refractivity contribution in [1.82, 2.24) is 0 Å². The van der Waals surface area contributed by atoms with E-state index >= 15 is 0 Å². The Bertz CT molecular complexity index is 2320. The lowest BCUT2D eigenvalue weighted by molar-refractivity contribution is 0.645. The van der Waals surface area contributed by atoms with E-state index in [1.807, 2.05) is 0 Å². The maximum Gasteiger partial charge on any atom is 0.0159 e. The normalized spacial score (nSPS) is 13.8. The van der Waals surface area contributed by atoms with E-state index in [2.05, 4.69) is 147 Å². The first-order chi connectivity index (χ1) is 20.1. The number of fused-ring (bicyclic) bond motifs is 2. The molecule has 8 aromatic rings. The lowest BCUT2D eigenvalue weighted by atomic mass is 9.68. The fourth-order valence-electron chi connectivity index (χ4n) is 7.65. The summed E-state index contributed by atoms with van der Waals surface area (Å²) in [7, 11) is 0. The summed E-state index contributed by atoms with van der Waals surface area (Å²) in [5, 5.41) is 10.7. The van der Waals surface area contributed by atoms with Crippen LogP contribution in [0.1, 0.15) is 25.0 Å². The van der Waals surface area contributed by atoms with Gasteiger partial charge in [-0.2, -0.15) is 0 Å². The average Bonchev–Trinajstić information content (AvgIpc) is 3.02. The maximum atomic E-state index is 2.39. The van der Waals surface area contributed by atoms with Crippen LogP contribution in [0.3, 0.4) is 0 Å². The Morgan fingerprint density at radius 1 is 0.366 bits per heavy atom. The summed E-state index contributed by atoms with van der Waals surface area (Å²) >= 11 is 0. The minimum absolute atomic E-state index is 0.0503. The van der Waals surface area contributed by atoms with Gasteiger partial charge in [0.15, 0.2) is 0 Å². The van der Waals surface area contributed by atoms with Crippen molar-refractivity contribution in [3.8, 4) is 33.4 Å². The zero-order chi connectivity index (χ0) is 27.3. The van der Waals surface area contributed by atoms with Crippen molar-refractivity contribution in [2.24, 2.45) is 0 Å². The predicted molar refractivity (Wildman–Crippen MR) is 176 cm³/mol. The Morgan fingerprint density at radius 3 is 1.73 bits per heavy atom. The fraction of sp³-hybridized carbons (Fsp3) is 0.0732. The maximum absolute atomic E-state index is 2.39. The van der Waals surface area contributed by atoms with Gasteiger partial charge in [0.2, 0.25) is 0 Å². The molecule has 0 atom stereocenters. The fourth-order valence-corrected chi connectivity index (χ4v) is 7.65. The largest absolute Gasteiger partial charge is 0.0619 e. The molecular formula is C41H28. The van der Waals surface area contributed by atoms with Gasteiger partial charge < -0.3 is 0 Å². The van der Waals surface area contributed by atoms with Crippen molar-refractivity contribution < 1.29 is 0 Å². The average molecular weight is 521 g/mol. The van der Waals surface area contributed by atoms with Crippen molar-refractivity contribution >= 4 is 43.1 Å². The standard InChI is InChI=1S/C41H28/c1-41(2)36-14-4-3-12-32(36)35-23-22-31(33-13-7-15-37(41)40(33)35)29-11-6-10-28(24-29)30-20-18-27-17-16-25-8-5-9-26-19-21-34(30)39(27)38(25)26/h3-24H,1-2H3. The molecule has 1 aliphatic rings. The third-order valence-corrected chi connectivity index (χ3v) is 9.62. The smallest absolute Gasteiger partial charge is 0.0159 e. The molecule has 41 heavy (non-hydrogen) atoms. The highest BCUT2D eigenvalue weighted by Gasteiger charge is 2.33. The molecule has 0 nitrogen and oxygen atoms in total. The molecule has 9 rings (SSSR count). The van der Waals surface area contributed by atoms with E-state index in [0.29, 0.717) is 0 Å². The zero-order valence-corrected chi connectivity index (χ0v) is 23.2. The molecule has 0 heteroatoms. The van der Waals surface area contributed by atoms with Crippen molar-refractivity contribution in [3.63, 3.8) is 0 Å². The van der Waals surface area contributed by atoms with E-state index in [-0.39, 0.29) is 5.41 Å². The first-order valence-electron chi connectivity index (χ1n) is 14.5. The molecule has 0 amide bonds. The number of benzene rings is 8. The third-order valence-electron chi connectivity index (χ3n) is 9.62. The van der Waals surface area contributed by atoms with Gasteiger partial charge >= 0.3 is 0 Å². The second-order valence-electron chi connectivity index (χ2n) is 12.1. The van der Waals surface area contributed by atoms with E-state index in [0.717, 1.165) is 0 Å². The first kappa shape index (κ1) is 22.8. The first-order valence-corrected chi connectivity index (χ1v) is 14.5. The van der Waals surface area contributed by atoms with Crippen LogP contribution in [0, 0.1) is 0 Å². The molecule has 0 fully saturated rings. The van der Waals surface area contributed by atoms with Crippen LogP contribution in [0.5, 0.6) is 0 Å². The van der Waals surface area contributed by atoms with E-state index < -0.39 is 0 Å². The van der Waals surface area contributed by atoms with Gasteiger partial charge in [-0.25, -0.2) is 0 Å². The van der Waals surface area contributed by atoms with E-state index in [1.54, 1.807) is 0 Å². The summed E-state index contributed by atoms with van der Waals surface area (Å²) in [6, 6.07) is 49.9. The number of rotatable bonds is 2. The summed E-state index contributed by atoms with van der Waals surface area (Å²) < 4.78 is 0. The van der Waals surface area contributed by atoms with Crippen LogP contribution >= 0.6 is 0 Å².